The van der Waals surface area contributed by atoms with Crippen molar-refractivity contribution in [3.05, 3.63) is 46.0 Å². The topological polar surface area (TPSA) is 37.3 Å². The smallest absolute Gasteiger partial charge is 0.166 e. The lowest BCUT2D eigenvalue weighted by Crippen LogP contribution is -2.26. The quantitative estimate of drug-likeness (QED) is 0.785. The number of fused-ring (bicyclic) bond motifs is 1. The van der Waals surface area contributed by atoms with E-state index >= 15 is 0 Å². The van der Waals surface area contributed by atoms with Crippen molar-refractivity contribution in [3.63, 3.8) is 0 Å². The van der Waals surface area contributed by atoms with E-state index in [9.17, 15) is 9.90 Å². The number of allylic oxidation sites excluding steroid dienone is 2. The average Bonchev–Trinajstić information content (AvgIpc) is 2.43. The number of hydrogen-bond donors (Lipinski definition) is 1. The van der Waals surface area contributed by atoms with Gasteiger partial charge in [-0.25, -0.2) is 0 Å². The van der Waals surface area contributed by atoms with Crippen LogP contribution in [0.3, 0.4) is 0 Å². The fourth-order valence-corrected chi connectivity index (χ4v) is 3.44. The molecule has 0 spiro atoms. The first kappa shape index (κ1) is 17.0. The molecule has 0 bridgehead atoms. The standard InChI is InChI=1S/C20H28O2/c1-12(2)7-6-8-13(3)16-10-9-14(4)18-17(21)11-15(5)20(22)19(16)18/h7,9-10,13,15,17,21H,6,8,11H2,1-5H3/t13-,15?,17?/m0/s1. The molecule has 120 valence electrons. The summed E-state index contributed by atoms with van der Waals surface area (Å²) in [5.74, 6) is 0.437. The van der Waals surface area contributed by atoms with Gasteiger partial charge in [0.2, 0.25) is 0 Å². The Morgan fingerprint density at radius 2 is 2.09 bits per heavy atom. The molecule has 0 amide bonds. The highest BCUT2D eigenvalue weighted by atomic mass is 16.3. The number of benzene rings is 1. The van der Waals surface area contributed by atoms with Crippen molar-refractivity contribution in [1.29, 1.82) is 0 Å². The molecule has 2 heteroatoms. The third-order valence-corrected chi connectivity index (χ3v) is 4.78. The van der Waals surface area contributed by atoms with Crippen LogP contribution in [0.5, 0.6) is 0 Å². The summed E-state index contributed by atoms with van der Waals surface area (Å²) < 4.78 is 0. The summed E-state index contributed by atoms with van der Waals surface area (Å²) in [6.45, 7) is 10.3. The van der Waals surface area contributed by atoms with E-state index in [-0.39, 0.29) is 11.7 Å². The number of hydrogen-bond acceptors (Lipinski definition) is 2. The van der Waals surface area contributed by atoms with Crippen LogP contribution in [0, 0.1) is 12.8 Å². The van der Waals surface area contributed by atoms with Crippen LogP contribution in [0.15, 0.2) is 23.8 Å². The summed E-state index contributed by atoms with van der Waals surface area (Å²) >= 11 is 0. The zero-order chi connectivity index (χ0) is 16.4. The molecule has 1 N–H and O–H groups in total. The van der Waals surface area contributed by atoms with Crippen molar-refractivity contribution in [2.45, 2.75) is 65.9 Å². The first-order valence-corrected chi connectivity index (χ1v) is 8.32. The molecule has 2 nitrogen and oxygen atoms in total. The molecule has 0 saturated carbocycles. The summed E-state index contributed by atoms with van der Waals surface area (Å²) in [5.41, 5.74) is 5.14. The van der Waals surface area contributed by atoms with Gasteiger partial charge in [0.1, 0.15) is 0 Å². The van der Waals surface area contributed by atoms with Crippen LogP contribution < -0.4 is 0 Å². The Morgan fingerprint density at radius 1 is 1.41 bits per heavy atom. The third kappa shape index (κ3) is 3.33. The normalized spacial score (nSPS) is 22.2. The SMILES string of the molecule is CC(C)=CCC[C@H](C)c1ccc(C)c2c1C(=O)C(C)CC2O. The Balaban J connectivity index is 2.39. The van der Waals surface area contributed by atoms with Gasteiger partial charge < -0.3 is 5.11 Å². The van der Waals surface area contributed by atoms with Gasteiger partial charge in [0.05, 0.1) is 6.10 Å². The molecular weight excluding hydrogens is 272 g/mol. The van der Waals surface area contributed by atoms with Gasteiger partial charge in [0, 0.05) is 11.5 Å². The molecule has 2 unspecified atom stereocenters. The predicted molar refractivity (Wildman–Crippen MR) is 91.3 cm³/mol. The Hall–Kier alpha value is -1.41. The summed E-state index contributed by atoms with van der Waals surface area (Å²) in [6.07, 6.45) is 4.34. The van der Waals surface area contributed by atoms with Gasteiger partial charge in [-0.2, -0.15) is 0 Å². The van der Waals surface area contributed by atoms with E-state index in [1.807, 2.05) is 13.8 Å². The minimum Gasteiger partial charge on any atom is -0.388 e. The number of aliphatic hydroxyl groups excluding tert-OH is 1. The van der Waals surface area contributed by atoms with Crippen LogP contribution in [-0.4, -0.2) is 10.9 Å². The van der Waals surface area contributed by atoms with Crippen molar-refractivity contribution in [1.82, 2.24) is 0 Å². The molecule has 1 aliphatic rings. The highest BCUT2D eigenvalue weighted by molar-refractivity contribution is 6.02. The van der Waals surface area contributed by atoms with Crippen molar-refractivity contribution >= 4 is 5.78 Å². The fourth-order valence-electron chi connectivity index (χ4n) is 3.44. The molecule has 0 aromatic heterocycles. The van der Waals surface area contributed by atoms with Gasteiger partial charge in [-0.05, 0) is 62.6 Å². The van der Waals surface area contributed by atoms with Crippen LogP contribution in [0.25, 0.3) is 0 Å². The van der Waals surface area contributed by atoms with Gasteiger partial charge in [-0.15, -0.1) is 0 Å². The maximum atomic E-state index is 12.7. The summed E-state index contributed by atoms with van der Waals surface area (Å²) in [7, 11) is 0. The van der Waals surface area contributed by atoms with E-state index in [0.29, 0.717) is 12.3 Å². The fraction of sp³-hybridized carbons (Fsp3) is 0.550. The second-order valence-corrected chi connectivity index (χ2v) is 7.04. The van der Waals surface area contributed by atoms with E-state index in [2.05, 4.69) is 39.0 Å². The lowest BCUT2D eigenvalue weighted by Gasteiger charge is -2.30. The van der Waals surface area contributed by atoms with Crippen molar-refractivity contribution in [2.75, 3.05) is 0 Å². The van der Waals surface area contributed by atoms with Gasteiger partial charge in [0.25, 0.3) is 0 Å². The first-order chi connectivity index (χ1) is 10.3. The Bertz CT molecular complexity index is 594. The van der Waals surface area contributed by atoms with E-state index < -0.39 is 6.10 Å². The second kappa shape index (κ2) is 6.78. The zero-order valence-corrected chi connectivity index (χ0v) is 14.4. The van der Waals surface area contributed by atoms with Crippen LogP contribution >= 0.6 is 0 Å². The Kier molecular flexibility index (Phi) is 5.23. The number of ketones is 1. The maximum Gasteiger partial charge on any atom is 0.166 e. The summed E-state index contributed by atoms with van der Waals surface area (Å²) in [4.78, 5) is 12.7. The van der Waals surface area contributed by atoms with Gasteiger partial charge in [0.15, 0.2) is 5.78 Å². The Morgan fingerprint density at radius 3 is 2.73 bits per heavy atom. The molecule has 1 aliphatic carbocycles. The number of carbonyl (C=O) groups excluding carboxylic acids is 1. The van der Waals surface area contributed by atoms with E-state index in [1.165, 1.54) is 5.57 Å². The molecule has 22 heavy (non-hydrogen) atoms. The average molecular weight is 300 g/mol. The Labute approximate surface area is 134 Å². The number of aryl methyl sites for hydroxylation is 1. The van der Waals surface area contributed by atoms with E-state index in [4.69, 9.17) is 0 Å². The number of aliphatic hydroxyl groups is 1. The molecule has 0 fully saturated rings. The first-order valence-electron chi connectivity index (χ1n) is 8.32. The molecule has 2 rings (SSSR count). The minimum absolute atomic E-state index is 0.0898. The largest absolute Gasteiger partial charge is 0.388 e. The van der Waals surface area contributed by atoms with Gasteiger partial charge in [-0.1, -0.05) is 37.6 Å². The molecular formula is C20H28O2. The lowest BCUT2D eigenvalue weighted by atomic mass is 9.75. The molecule has 1 aromatic carbocycles. The molecule has 1 aromatic rings. The van der Waals surface area contributed by atoms with E-state index in [0.717, 1.165) is 35.1 Å². The monoisotopic (exact) mass is 300 g/mol. The van der Waals surface area contributed by atoms with Crippen LogP contribution in [0.1, 0.15) is 86.0 Å². The molecule has 0 radical (unpaired) electrons. The van der Waals surface area contributed by atoms with Crippen LogP contribution in [0.2, 0.25) is 0 Å². The lowest BCUT2D eigenvalue weighted by molar-refractivity contribution is 0.0792. The molecule has 0 saturated heterocycles. The molecule has 0 heterocycles. The summed E-state index contributed by atoms with van der Waals surface area (Å²) in [5, 5.41) is 10.4. The van der Waals surface area contributed by atoms with Crippen molar-refractivity contribution < 1.29 is 9.90 Å². The van der Waals surface area contributed by atoms with Crippen LogP contribution in [-0.2, 0) is 0 Å². The van der Waals surface area contributed by atoms with Crippen molar-refractivity contribution in [3.8, 4) is 0 Å². The predicted octanol–water partition coefficient (Wildman–Crippen LogP) is 5.10. The minimum atomic E-state index is -0.507. The highest BCUT2D eigenvalue weighted by Gasteiger charge is 2.33. The maximum absolute atomic E-state index is 12.7. The zero-order valence-electron chi connectivity index (χ0n) is 14.4. The second-order valence-electron chi connectivity index (χ2n) is 7.04. The van der Waals surface area contributed by atoms with E-state index in [1.54, 1.807) is 0 Å². The number of Topliss-reactive ketones (excluding diaryl/α,β-unsaturated/α-hetero) is 1. The summed E-state index contributed by atoms with van der Waals surface area (Å²) in [6, 6.07) is 4.14. The highest BCUT2D eigenvalue weighted by Crippen LogP contribution is 2.39. The van der Waals surface area contributed by atoms with Crippen LogP contribution in [0.4, 0.5) is 0 Å². The van der Waals surface area contributed by atoms with Gasteiger partial charge >= 0.3 is 0 Å². The third-order valence-electron chi connectivity index (χ3n) is 4.78. The van der Waals surface area contributed by atoms with Gasteiger partial charge in [-0.3, -0.25) is 4.79 Å². The van der Waals surface area contributed by atoms with Crippen molar-refractivity contribution in [2.24, 2.45) is 5.92 Å². The number of carbonyl (C=O) groups is 1. The molecule has 3 atom stereocenters. The molecule has 0 aliphatic heterocycles. The number of rotatable bonds is 4.